The molecule has 0 radical (unpaired) electrons. The van der Waals surface area contributed by atoms with Gasteiger partial charge in [-0.05, 0) is 6.07 Å². The van der Waals surface area contributed by atoms with Crippen LogP contribution in [-0.2, 0) is 0 Å². The third kappa shape index (κ3) is 1.99. The Morgan fingerprint density at radius 1 is 1.53 bits per heavy atom. The van der Waals surface area contributed by atoms with E-state index in [2.05, 4.69) is 5.32 Å². The minimum Gasteiger partial charge on any atom is -0.508 e. The monoisotopic (exact) mass is 210 g/mol. The van der Waals surface area contributed by atoms with Crippen LogP contribution in [0.5, 0.6) is 11.5 Å². The minimum absolute atomic E-state index is 0.0390. The molecule has 6 heteroatoms. The highest BCUT2D eigenvalue weighted by Crippen LogP contribution is 2.31. The Morgan fingerprint density at radius 2 is 2.27 bits per heavy atom. The van der Waals surface area contributed by atoms with E-state index in [1.165, 1.54) is 18.2 Å². The Hall–Kier alpha value is -1.82. The molecule has 15 heavy (non-hydrogen) atoms. The lowest BCUT2D eigenvalue weighted by Gasteiger charge is -2.27. The summed E-state index contributed by atoms with van der Waals surface area (Å²) in [6.45, 7) is 1.35. The van der Waals surface area contributed by atoms with Gasteiger partial charge in [-0.25, -0.2) is 0 Å². The van der Waals surface area contributed by atoms with Crippen molar-refractivity contribution in [1.82, 2.24) is 5.32 Å². The van der Waals surface area contributed by atoms with Crippen LogP contribution in [0, 0.1) is 10.1 Å². The summed E-state index contributed by atoms with van der Waals surface area (Å²) in [5.41, 5.74) is -0.125. The van der Waals surface area contributed by atoms with Gasteiger partial charge in [-0.1, -0.05) is 0 Å². The molecule has 0 aromatic heterocycles. The molecule has 80 valence electrons. The van der Waals surface area contributed by atoms with E-state index in [4.69, 9.17) is 4.74 Å². The highest BCUT2D eigenvalue weighted by molar-refractivity contribution is 5.50. The van der Waals surface area contributed by atoms with Gasteiger partial charge < -0.3 is 15.2 Å². The van der Waals surface area contributed by atoms with Gasteiger partial charge in [-0.15, -0.1) is 0 Å². The number of rotatable bonds is 3. The van der Waals surface area contributed by atoms with E-state index >= 15 is 0 Å². The predicted molar refractivity (Wildman–Crippen MR) is 52.0 cm³/mol. The second-order valence-electron chi connectivity index (χ2n) is 3.31. The molecule has 2 rings (SSSR count). The molecule has 0 spiro atoms. The molecule has 1 aromatic rings. The van der Waals surface area contributed by atoms with Crippen molar-refractivity contribution in [3.8, 4) is 11.5 Å². The SMILES string of the molecule is O=[N+]([O-])c1ccc(O)cc1OC1CNC1. The fourth-order valence-corrected chi connectivity index (χ4v) is 1.27. The van der Waals surface area contributed by atoms with Gasteiger partial charge in [0.25, 0.3) is 0 Å². The Balaban J connectivity index is 2.24. The molecule has 1 heterocycles. The average molecular weight is 210 g/mol. The lowest BCUT2D eigenvalue weighted by Crippen LogP contribution is -2.50. The van der Waals surface area contributed by atoms with Gasteiger partial charge in [0.2, 0.25) is 5.75 Å². The first-order chi connectivity index (χ1) is 7.16. The number of ether oxygens (including phenoxy) is 1. The Morgan fingerprint density at radius 3 is 2.80 bits per heavy atom. The summed E-state index contributed by atoms with van der Waals surface area (Å²) < 4.78 is 5.36. The number of nitrogens with zero attached hydrogens (tertiary/aromatic N) is 1. The first-order valence-electron chi connectivity index (χ1n) is 4.51. The number of nitro benzene ring substituents is 1. The smallest absolute Gasteiger partial charge is 0.311 e. The quantitative estimate of drug-likeness (QED) is 0.565. The summed E-state index contributed by atoms with van der Waals surface area (Å²) in [5, 5.41) is 22.8. The zero-order chi connectivity index (χ0) is 10.8. The van der Waals surface area contributed by atoms with E-state index in [1.807, 2.05) is 0 Å². The summed E-state index contributed by atoms with van der Waals surface area (Å²) in [6.07, 6.45) is -0.0505. The summed E-state index contributed by atoms with van der Waals surface area (Å²) in [5.74, 6) is 0.0781. The predicted octanol–water partition coefficient (Wildman–Crippen LogP) is 0.651. The molecule has 0 amide bonds. The van der Waals surface area contributed by atoms with Crippen molar-refractivity contribution < 1.29 is 14.8 Å². The number of hydrogen-bond donors (Lipinski definition) is 2. The Kier molecular flexibility index (Phi) is 2.42. The van der Waals surface area contributed by atoms with Gasteiger partial charge in [-0.3, -0.25) is 10.1 Å². The molecule has 1 fully saturated rings. The number of nitro groups is 1. The van der Waals surface area contributed by atoms with Crippen molar-refractivity contribution in [3.63, 3.8) is 0 Å². The number of phenols is 1. The van der Waals surface area contributed by atoms with E-state index in [0.717, 1.165) is 0 Å². The molecule has 1 aliphatic heterocycles. The molecule has 2 N–H and O–H groups in total. The van der Waals surface area contributed by atoms with Gasteiger partial charge in [0, 0.05) is 25.2 Å². The third-order valence-electron chi connectivity index (χ3n) is 2.18. The Labute approximate surface area is 85.6 Å². The maximum absolute atomic E-state index is 10.6. The molecule has 0 atom stereocenters. The van der Waals surface area contributed by atoms with Gasteiger partial charge in [0.05, 0.1) is 4.92 Å². The first kappa shape index (κ1) is 9.72. The summed E-state index contributed by atoms with van der Waals surface area (Å²) in [4.78, 5) is 10.1. The topological polar surface area (TPSA) is 84.6 Å². The lowest BCUT2D eigenvalue weighted by atomic mass is 10.2. The molecule has 0 unspecified atom stereocenters. The van der Waals surface area contributed by atoms with Crippen molar-refractivity contribution >= 4 is 5.69 Å². The zero-order valence-electron chi connectivity index (χ0n) is 7.84. The minimum atomic E-state index is -0.527. The van der Waals surface area contributed by atoms with Crippen molar-refractivity contribution in [3.05, 3.63) is 28.3 Å². The number of nitrogens with one attached hydrogen (secondary N) is 1. The molecule has 1 aromatic carbocycles. The van der Waals surface area contributed by atoms with Gasteiger partial charge in [0.1, 0.15) is 11.9 Å². The molecule has 6 nitrogen and oxygen atoms in total. The van der Waals surface area contributed by atoms with Crippen molar-refractivity contribution in [2.45, 2.75) is 6.10 Å². The number of phenolic OH excluding ortho intramolecular Hbond substituents is 1. The van der Waals surface area contributed by atoms with Crippen LogP contribution in [0.25, 0.3) is 0 Å². The van der Waals surface area contributed by atoms with Crippen molar-refractivity contribution in [2.75, 3.05) is 13.1 Å². The second-order valence-corrected chi connectivity index (χ2v) is 3.31. The fourth-order valence-electron chi connectivity index (χ4n) is 1.27. The first-order valence-corrected chi connectivity index (χ1v) is 4.51. The highest BCUT2D eigenvalue weighted by atomic mass is 16.6. The molecular formula is C9H10N2O4. The normalized spacial score (nSPS) is 15.7. The maximum Gasteiger partial charge on any atom is 0.311 e. The summed E-state index contributed by atoms with van der Waals surface area (Å²) >= 11 is 0. The standard InChI is InChI=1S/C9H10N2O4/c12-6-1-2-8(11(13)14)9(3-6)15-7-4-10-5-7/h1-3,7,10,12H,4-5H2. The van der Waals surface area contributed by atoms with E-state index in [-0.39, 0.29) is 23.3 Å². The van der Waals surface area contributed by atoms with Crippen LogP contribution in [0.2, 0.25) is 0 Å². The van der Waals surface area contributed by atoms with Crippen LogP contribution < -0.4 is 10.1 Å². The molecule has 1 saturated heterocycles. The van der Waals surface area contributed by atoms with Crippen LogP contribution in [0.15, 0.2) is 18.2 Å². The van der Waals surface area contributed by atoms with Crippen LogP contribution >= 0.6 is 0 Å². The molecule has 1 aliphatic rings. The van der Waals surface area contributed by atoms with Gasteiger partial charge in [0.15, 0.2) is 0 Å². The van der Waals surface area contributed by atoms with Crippen molar-refractivity contribution in [2.24, 2.45) is 0 Å². The van der Waals surface area contributed by atoms with Crippen LogP contribution in [0.4, 0.5) is 5.69 Å². The van der Waals surface area contributed by atoms with Crippen LogP contribution in [0.3, 0.4) is 0 Å². The zero-order valence-corrected chi connectivity index (χ0v) is 7.84. The maximum atomic E-state index is 10.6. The molecule has 0 bridgehead atoms. The average Bonchev–Trinajstić information content (AvgIpc) is 2.11. The highest BCUT2D eigenvalue weighted by Gasteiger charge is 2.23. The largest absolute Gasteiger partial charge is 0.508 e. The van der Waals surface area contributed by atoms with E-state index in [0.29, 0.717) is 13.1 Å². The second kappa shape index (κ2) is 3.74. The van der Waals surface area contributed by atoms with Gasteiger partial charge in [-0.2, -0.15) is 0 Å². The van der Waals surface area contributed by atoms with Gasteiger partial charge >= 0.3 is 5.69 Å². The van der Waals surface area contributed by atoms with Crippen LogP contribution in [-0.4, -0.2) is 29.2 Å². The summed E-state index contributed by atoms with van der Waals surface area (Å²) in [7, 11) is 0. The Bertz CT molecular complexity index is 390. The van der Waals surface area contributed by atoms with E-state index in [9.17, 15) is 15.2 Å². The van der Waals surface area contributed by atoms with E-state index < -0.39 is 4.92 Å². The lowest BCUT2D eigenvalue weighted by molar-refractivity contribution is -0.386. The molecule has 0 aliphatic carbocycles. The molecule has 0 saturated carbocycles. The van der Waals surface area contributed by atoms with Crippen LogP contribution in [0.1, 0.15) is 0 Å². The number of benzene rings is 1. The fraction of sp³-hybridized carbons (Fsp3) is 0.333. The third-order valence-corrected chi connectivity index (χ3v) is 2.18. The molecular weight excluding hydrogens is 200 g/mol. The number of aromatic hydroxyl groups is 1. The summed E-state index contributed by atoms with van der Waals surface area (Å²) in [6, 6.07) is 3.76. The number of hydrogen-bond acceptors (Lipinski definition) is 5. The van der Waals surface area contributed by atoms with E-state index in [1.54, 1.807) is 0 Å². The van der Waals surface area contributed by atoms with Crippen molar-refractivity contribution in [1.29, 1.82) is 0 Å².